The molecular formula is C23H18N6O3S. The maximum Gasteiger partial charge on any atom is 0.298 e. The van der Waals surface area contributed by atoms with Crippen LogP contribution in [0.1, 0.15) is 21.7 Å². The van der Waals surface area contributed by atoms with E-state index in [1.165, 1.54) is 22.1 Å². The Labute approximate surface area is 191 Å². The van der Waals surface area contributed by atoms with Gasteiger partial charge in [0, 0.05) is 34.4 Å². The first kappa shape index (κ1) is 20.6. The molecule has 4 aromatic heterocycles. The highest BCUT2D eigenvalue weighted by Crippen LogP contribution is 2.28. The van der Waals surface area contributed by atoms with Crippen LogP contribution >= 0.6 is 11.3 Å². The van der Waals surface area contributed by atoms with E-state index in [2.05, 4.69) is 25.4 Å². The van der Waals surface area contributed by atoms with Crippen LogP contribution in [0.4, 0.5) is 5.82 Å². The average Bonchev–Trinajstić information content (AvgIpc) is 3.50. The fraction of sp³-hybridized carbons (Fsp3) is 0.0870. The summed E-state index contributed by atoms with van der Waals surface area (Å²) in [5.74, 6) is -1.16. The number of carbonyl (C=O) groups excluding carboxylic acids is 2. The molecule has 3 N–H and O–H groups in total. The fourth-order valence-corrected chi connectivity index (χ4v) is 4.38. The van der Waals surface area contributed by atoms with Crippen molar-refractivity contribution in [3.8, 4) is 16.5 Å². The highest BCUT2D eigenvalue weighted by atomic mass is 32.1. The van der Waals surface area contributed by atoms with E-state index in [1.807, 2.05) is 35.7 Å². The Morgan fingerprint density at radius 1 is 1.06 bits per heavy atom. The van der Waals surface area contributed by atoms with E-state index >= 15 is 0 Å². The minimum absolute atomic E-state index is 0.133. The monoisotopic (exact) mass is 458 g/mol. The summed E-state index contributed by atoms with van der Waals surface area (Å²) in [6.45, 7) is 3.44. The van der Waals surface area contributed by atoms with Gasteiger partial charge in [0.05, 0.1) is 10.4 Å². The molecule has 1 amide bonds. The number of rotatable bonds is 5. The zero-order valence-electron chi connectivity index (χ0n) is 17.7. The molecule has 0 unspecified atom stereocenters. The van der Waals surface area contributed by atoms with E-state index in [-0.39, 0.29) is 17.3 Å². The van der Waals surface area contributed by atoms with Crippen molar-refractivity contribution in [3.05, 3.63) is 81.2 Å². The van der Waals surface area contributed by atoms with Gasteiger partial charge in [-0.05, 0) is 31.4 Å². The molecule has 5 rings (SSSR count). The van der Waals surface area contributed by atoms with E-state index < -0.39 is 11.7 Å². The van der Waals surface area contributed by atoms with Crippen molar-refractivity contribution in [2.24, 2.45) is 0 Å². The lowest BCUT2D eigenvalue weighted by Crippen LogP contribution is -2.25. The number of carbonyl (C=O) groups is 2. The quantitative estimate of drug-likeness (QED) is 0.274. The summed E-state index contributed by atoms with van der Waals surface area (Å²) in [4.78, 5) is 49.1. The number of aromatic amines is 2. The van der Waals surface area contributed by atoms with E-state index in [1.54, 1.807) is 26.0 Å². The van der Waals surface area contributed by atoms with Crippen LogP contribution in [0.2, 0.25) is 0 Å². The zero-order chi connectivity index (χ0) is 23.1. The Morgan fingerprint density at radius 3 is 2.64 bits per heavy atom. The van der Waals surface area contributed by atoms with Crippen molar-refractivity contribution >= 4 is 39.7 Å². The van der Waals surface area contributed by atoms with Crippen LogP contribution < -0.4 is 10.9 Å². The number of nitrogens with zero attached hydrogens (tertiary/aromatic N) is 3. The van der Waals surface area contributed by atoms with Crippen molar-refractivity contribution in [1.29, 1.82) is 0 Å². The predicted octanol–water partition coefficient (Wildman–Crippen LogP) is 3.60. The number of para-hydroxylation sites is 1. The van der Waals surface area contributed by atoms with Crippen LogP contribution in [0, 0.1) is 13.8 Å². The van der Waals surface area contributed by atoms with Crippen LogP contribution in [-0.4, -0.2) is 36.4 Å². The molecular weight excluding hydrogens is 440 g/mol. The number of amides is 1. The van der Waals surface area contributed by atoms with Crippen LogP contribution in [-0.2, 0) is 4.79 Å². The van der Waals surface area contributed by atoms with Crippen LogP contribution in [0.5, 0.6) is 0 Å². The molecule has 10 heteroatoms. The molecule has 0 fully saturated rings. The van der Waals surface area contributed by atoms with Crippen molar-refractivity contribution in [2.45, 2.75) is 13.8 Å². The van der Waals surface area contributed by atoms with Gasteiger partial charge in [0.2, 0.25) is 5.95 Å². The first-order chi connectivity index (χ1) is 15.9. The van der Waals surface area contributed by atoms with E-state index in [0.717, 1.165) is 10.4 Å². The van der Waals surface area contributed by atoms with Gasteiger partial charge in [0.1, 0.15) is 11.5 Å². The smallest absolute Gasteiger partial charge is 0.298 e. The first-order valence-electron chi connectivity index (χ1n) is 10.1. The summed E-state index contributed by atoms with van der Waals surface area (Å²) >= 11 is 1.47. The minimum Gasteiger partial charge on any atom is -0.358 e. The van der Waals surface area contributed by atoms with Gasteiger partial charge in [-0.15, -0.1) is 11.3 Å². The normalized spacial score (nSPS) is 11.1. The maximum absolute atomic E-state index is 13.1. The molecule has 0 aliphatic carbocycles. The highest BCUT2D eigenvalue weighted by molar-refractivity contribution is 7.13. The number of benzene rings is 1. The Morgan fingerprint density at radius 2 is 1.88 bits per heavy atom. The van der Waals surface area contributed by atoms with Gasteiger partial charge >= 0.3 is 0 Å². The molecule has 4 heterocycles. The standard InChI is InChI=1S/C23H18N6O3S/c1-12-10-19(30)27-23(24-12)29-18(11-16(28-29)17-8-5-9-33-17)26-22(32)21(31)20-13(2)25-15-7-4-3-6-14(15)20/h3-11,25H,1-2H3,(H,26,32)(H,24,27,30). The molecule has 5 aromatic rings. The summed E-state index contributed by atoms with van der Waals surface area (Å²) in [6, 6.07) is 14.1. The molecule has 9 nitrogen and oxygen atoms in total. The number of hydrogen-bond donors (Lipinski definition) is 3. The Balaban J connectivity index is 1.55. The highest BCUT2D eigenvalue weighted by Gasteiger charge is 2.25. The van der Waals surface area contributed by atoms with Crippen molar-refractivity contribution in [1.82, 2.24) is 24.7 Å². The topological polar surface area (TPSA) is 126 Å². The van der Waals surface area contributed by atoms with Crippen molar-refractivity contribution in [3.63, 3.8) is 0 Å². The van der Waals surface area contributed by atoms with Gasteiger partial charge in [-0.2, -0.15) is 9.78 Å². The number of nitrogens with one attached hydrogen (secondary N) is 3. The molecule has 0 aliphatic heterocycles. The molecule has 33 heavy (non-hydrogen) atoms. The summed E-state index contributed by atoms with van der Waals surface area (Å²) in [7, 11) is 0. The van der Waals surface area contributed by atoms with Crippen molar-refractivity contribution in [2.75, 3.05) is 5.32 Å². The van der Waals surface area contributed by atoms with Gasteiger partial charge in [-0.3, -0.25) is 19.4 Å². The second kappa shape index (κ2) is 7.99. The average molecular weight is 459 g/mol. The SMILES string of the molecule is Cc1cc(=O)[nH]c(-n2nc(-c3cccs3)cc2NC(=O)C(=O)c2c(C)[nH]c3ccccc23)n1. The lowest BCUT2D eigenvalue weighted by Gasteiger charge is -2.08. The lowest BCUT2D eigenvalue weighted by molar-refractivity contribution is -0.112. The molecule has 1 aromatic carbocycles. The maximum atomic E-state index is 13.1. The summed E-state index contributed by atoms with van der Waals surface area (Å²) in [5, 5.41) is 9.74. The van der Waals surface area contributed by atoms with Crippen LogP contribution in [0.15, 0.2) is 58.7 Å². The van der Waals surface area contributed by atoms with Crippen LogP contribution in [0.3, 0.4) is 0 Å². The van der Waals surface area contributed by atoms with E-state index in [4.69, 9.17) is 0 Å². The molecule has 164 valence electrons. The third-order valence-electron chi connectivity index (χ3n) is 5.11. The largest absolute Gasteiger partial charge is 0.358 e. The first-order valence-corrected chi connectivity index (χ1v) is 10.9. The third-order valence-corrected chi connectivity index (χ3v) is 6.00. The number of aromatic nitrogens is 5. The molecule has 0 radical (unpaired) electrons. The van der Waals surface area contributed by atoms with Gasteiger partial charge in [0.15, 0.2) is 0 Å². The Kier molecular flexibility index (Phi) is 4.98. The Hall–Kier alpha value is -4.31. The zero-order valence-corrected chi connectivity index (χ0v) is 18.5. The number of thiophene rings is 1. The van der Waals surface area contributed by atoms with Gasteiger partial charge in [-0.25, -0.2) is 4.98 Å². The molecule has 0 spiro atoms. The van der Waals surface area contributed by atoms with Crippen molar-refractivity contribution < 1.29 is 9.59 Å². The summed E-state index contributed by atoms with van der Waals surface area (Å²) < 4.78 is 1.32. The van der Waals surface area contributed by atoms with Gasteiger partial charge in [-0.1, -0.05) is 24.3 Å². The fourth-order valence-electron chi connectivity index (χ4n) is 3.70. The number of hydrogen-bond acceptors (Lipinski definition) is 6. The Bertz CT molecular complexity index is 1580. The predicted molar refractivity (Wildman–Crippen MR) is 126 cm³/mol. The number of H-pyrrole nitrogens is 2. The second-order valence-electron chi connectivity index (χ2n) is 7.47. The third kappa shape index (κ3) is 3.76. The molecule has 0 saturated heterocycles. The summed E-state index contributed by atoms with van der Waals surface area (Å²) in [6.07, 6.45) is 0. The number of ketones is 1. The van der Waals surface area contributed by atoms with Gasteiger partial charge < -0.3 is 10.3 Å². The molecule has 0 aliphatic rings. The van der Waals surface area contributed by atoms with Crippen LogP contribution in [0.25, 0.3) is 27.4 Å². The molecule has 0 bridgehead atoms. The number of fused-ring (bicyclic) bond motifs is 1. The molecule has 0 atom stereocenters. The number of Topliss-reactive ketones (excluding diaryl/α,β-unsaturated/α-hetero) is 1. The molecule has 0 saturated carbocycles. The number of anilines is 1. The lowest BCUT2D eigenvalue weighted by atomic mass is 10.1. The summed E-state index contributed by atoms with van der Waals surface area (Å²) in [5.41, 5.74) is 2.40. The second-order valence-corrected chi connectivity index (χ2v) is 8.42. The van der Waals surface area contributed by atoms with E-state index in [0.29, 0.717) is 28.0 Å². The van der Waals surface area contributed by atoms with Gasteiger partial charge in [0.25, 0.3) is 17.2 Å². The number of aryl methyl sites for hydroxylation is 2. The van der Waals surface area contributed by atoms with E-state index in [9.17, 15) is 14.4 Å². The minimum atomic E-state index is -0.822.